The number of aryl methyl sites for hydroxylation is 1. The van der Waals surface area contributed by atoms with Gasteiger partial charge in [0.2, 0.25) is 17.8 Å². The fourth-order valence-corrected chi connectivity index (χ4v) is 3.34. The minimum absolute atomic E-state index is 0.116. The number of amides is 1. The van der Waals surface area contributed by atoms with Gasteiger partial charge in [-0.2, -0.15) is 4.98 Å². The molecule has 30 heavy (non-hydrogen) atoms. The number of pyridine rings is 1. The molecule has 0 radical (unpaired) electrons. The van der Waals surface area contributed by atoms with E-state index in [0.29, 0.717) is 17.6 Å². The Morgan fingerprint density at radius 1 is 0.967 bits per heavy atom. The number of anilines is 5. The zero-order valence-corrected chi connectivity index (χ0v) is 17.0. The molecule has 154 valence electrons. The van der Waals surface area contributed by atoms with Gasteiger partial charge in [-0.15, -0.1) is 0 Å². The van der Waals surface area contributed by atoms with E-state index < -0.39 is 0 Å². The minimum atomic E-state index is -0.116. The van der Waals surface area contributed by atoms with Gasteiger partial charge in [0.05, 0.1) is 0 Å². The highest BCUT2D eigenvalue weighted by Gasteiger charge is 2.20. The van der Waals surface area contributed by atoms with Crippen LogP contribution in [0.2, 0.25) is 0 Å². The number of benzene rings is 1. The fraction of sp³-hybridized carbons (Fsp3) is 0.286. The number of rotatable bonds is 5. The summed E-state index contributed by atoms with van der Waals surface area (Å²) in [6, 6.07) is 11.5. The second-order valence-electron chi connectivity index (χ2n) is 7.16. The van der Waals surface area contributed by atoms with E-state index in [9.17, 15) is 4.79 Å². The first-order valence-electron chi connectivity index (χ1n) is 9.83. The van der Waals surface area contributed by atoms with Crippen molar-refractivity contribution in [1.29, 1.82) is 0 Å². The Bertz CT molecular complexity index is 1030. The van der Waals surface area contributed by atoms with Crippen LogP contribution in [0.3, 0.4) is 0 Å². The first-order chi connectivity index (χ1) is 14.6. The van der Waals surface area contributed by atoms with E-state index in [4.69, 9.17) is 0 Å². The molecule has 0 atom stereocenters. The lowest BCUT2D eigenvalue weighted by Gasteiger charge is -2.35. The number of carbonyl (C=O) groups is 1. The first-order valence-corrected chi connectivity index (χ1v) is 9.83. The minimum Gasteiger partial charge on any atom is -0.353 e. The molecule has 2 aromatic heterocycles. The molecule has 2 N–H and O–H groups in total. The lowest BCUT2D eigenvalue weighted by Crippen LogP contribution is -2.47. The standard InChI is InChI=1S/C21H24N8O/c1-15-6-7-22-19(12-15)28-8-10-29(11-9-28)21-24-14-23-20(27-21)26-18-5-3-4-17(13-18)25-16(2)30/h3-7,12-14H,8-11H2,1-2H3,(H,25,30)(H,23,24,26,27). The molecule has 9 nitrogen and oxygen atoms in total. The van der Waals surface area contributed by atoms with Gasteiger partial charge in [-0.1, -0.05) is 6.07 Å². The van der Waals surface area contributed by atoms with Gasteiger partial charge in [-0.3, -0.25) is 4.79 Å². The van der Waals surface area contributed by atoms with Crippen molar-refractivity contribution in [3.63, 3.8) is 0 Å². The quantitative estimate of drug-likeness (QED) is 0.670. The van der Waals surface area contributed by atoms with Crippen molar-refractivity contribution in [3.8, 4) is 0 Å². The van der Waals surface area contributed by atoms with E-state index >= 15 is 0 Å². The van der Waals surface area contributed by atoms with Crippen LogP contribution in [0.5, 0.6) is 0 Å². The molecule has 0 saturated carbocycles. The molecule has 3 aromatic rings. The molecule has 4 rings (SSSR count). The number of nitrogens with zero attached hydrogens (tertiary/aromatic N) is 6. The van der Waals surface area contributed by atoms with Gasteiger partial charge >= 0.3 is 0 Å². The van der Waals surface area contributed by atoms with Crippen LogP contribution in [-0.4, -0.2) is 52.0 Å². The zero-order valence-electron chi connectivity index (χ0n) is 17.0. The maximum atomic E-state index is 11.3. The van der Waals surface area contributed by atoms with E-state index in [2.05, 4.69) is 53.4 Å². The van der Waals surface area contributed by atoms with E-state index in [0.717, 1.165) is 37.7 Å². The van der Waals surface area contributed by atoms with Crippen LogP contribution in [0.1, 0.15) is 12.5 Å². The normalized spacial score (nSPS) is 13.8. The molecule has 1 aromatic carbocycles. The van der Waals surface area contributed by atoms with Crippen LogP contribution in [0.25, 0.3) is 0 Å². The van der Waals surface area contributed by atoms with Crippen molar-refractivity contribution in [2.45, 2.75) is 13.8 Å². The van der Waals surface area contributed by atoms with E-state index in [1.165, 1.54) is 18.8 Å². The van der Waals surface area contributed by atoms with Gasteiger partial charge in [0.1, 0.15) is 12.1 Å². The number of hydrogen-bond acceptors (Lipinski definition) is 8. The SMILES string of the molecule is CC(=O)Nc1cccc(Nc2ncnc(N3CCN(c4cc(C)ccn4)CC3)n2)c1. The molecule has 1 aliphatic heterocycles. The maximum absolute atomic E-state index is 11.3. The van der Waals surface area contributed by atoms with Crippen LogP contribution in [0.15, 0.2) is 48.9 Å². The highest BCUT2D eigenvalue weighted by Crippen LogP contribution is 2.20. The van der Waals surface area contributed by atoms with Crippen LogP contribution in [0, 0.1) is 6.92 Å². The Hall–Kier alpha value is -3.75. The van der Waals surface area contributed by atoms with Crippen LogP contribution < -0.4 is 20.4 Å². The molecule has 0 unspecified atom stereocenters. The molecule has 1 aliphatic rings. The Labute approximate surface area is 175 Å². The number of carbonyl (C=O) groups excluding carboxylic acids is 1. The monoisotopic (exact) mass is 404 g/mol. The Balaban J connectivity index is 1.41. The van der Waals surface area contributed by atoms with Crippen molar-refractivity contribution in [1.82, 2.24) is 19.9 Å². The van der Waals surface area contributed by atoms with Crippen LogP contribution in [0.4, 0.5) is 29.1 Å². The average Bonchev–Trinajstić information content (AvgIpc) is 2.74. The van der Waals surface area contributed by atoms with Gasteiger partial charge in [0.15, 0.2) is 0 Å². The summed E-state index contributed by atoms with van der Waals surface area (Å²) in [7, 11) is 0. The van der Waals surface area contributed by atoms with Crippen LogP contribution in [-0.2, 0) is 4.79 Å². The lowest BCUT2D eigenvalue weighted by molar-refractivity contribution is -0.114. The average molecular weight is 404 g/mol. The summed E-state index contributed by atoms with van der Waals surface area (Å²) in [6.45, 7) is 6.86. The van der Waals surface area contributed by atoms with E-state index in [1.54, 1.807) is 0 Å². The summed E-state index contributed by atoms with van der Waals surface area (Å²) in [5.41, 5.74) is 2.70. The Kier molecular flexibility index (Phi) is 5.69. The summed E-state index contributed by atoms with van der Waals surface area (Å²) >= 11 is 0. The molecule has 1 fully saturated rings. The Morgan fingerprint density at radius 3 is 2.50 bits per heavy atom. The zero-order chi connectivity index (χ0) is 20.9. The molecule has 3 heterocycles. The lowest BCUT2D eigenvalue weighted by atomic mass is 10.2. The first kappa shape index (κ1) is 19.6. The van der Waals surface area contributed by atoms with Crippen molar-refractivity contribution >= 4 is 35.0 Å². The molecule has 9 heteroatoms. The molecule has 0 bridgehead atoms. The van der Waals surface area contributed by atoms with Crippen molar-refractivity contribution in [3.05, 3.63) is 54.5 Å². The van der Waals surface area contributed by atoms with Crippen molar-refractivity contribution < 1.29 is 4.79 Å². The van der Waals surface area contributed by atoms with Gasteiger partial charge in [0.25, 0.3) is 0 Å². The van der Waals surface area contributed by atoms with Gasteiger partial charge in [0, 0.05) is 50.7 Å². The van der Waals surface area contributed by atoms with Gasteiger partial charge in [-0.05, 0) is 42.8 Å². The third-order valence-electron chi connectivity index (χ3n) is 4.79. The van der Waals surface area contributed by atoms with Crippen molar-refractivity contribution in [2.75, 3.05) is 46.6 Å². The van der Waals surface area contributed by atoms with Crippen molar-refractivity contribution in [2.24, 2.45) is 0 Å². The molecule has 0 spiro atoms. The third-order valence-corrected chi connectivity index (χ3v) is 4.79. The topological polar surface area (TPSA) is 99.2 Å². The van der Waals surface area contributed by atoms with Gasteiger partial charge < -0.3 is 20.4 Å². The second-order valence-corrected chi connectivity index (χ2v) is 7.16. The molecular formula is C21H24N8O. The predicted octanol–water partition coefficient (Wildman–Crippen LogP) is 2.60. The molecular weight excluding hydrogens is 380 g/mol. The molecule has 1 saturated heterocycles. The fourth-order valence-electron chi connectivity index (χ4n) is 3.34. The summed E-state index contributed by atoms with van der Waals surface area (Å²) in [6.07, 6.45) is 3.36. The molecule has 0 aliphatic carbocycles. The maximum Gasteiger partial charge on any atom is 0.231 e. The highest BCUT2D eigenvalue weighted by atomic mass is 16.1. The predicted molar refractivity (Wildman–Crippen MR) is 117 cm³/mol. The highest BCUT2D eigenvalue weighted by molar-refractivity contribution is 5.89. The number of aromatic nitrogens is 4. The van der Waals surface area contributed by atoms with Gasteiger partial charge in [-0.25, -0.2) is 15.0 Å². The third kappa shape index (κ3) is 4.80. The summed E-state index contributed by atoms with van der Waals surface area (Å²) in [4.78, 5) is 33.3. The number of hydrogen-bond donors (Lipinski definition) is 2. The summed E-state index contributed by atoms with van der Waals surface area (Å²) < 4.78 is 0. The summed E-state index contributed by atoms with van der Waals surface area (Å²) in [5, 5.41) is 5.94. The van der Waals surface area contributed by atoms with E-state index in [1.807, 2.05) is 36.5 Å². The smallest absolute Gasteiger partial charge is 0.231 e. The summed E-state index contributed by atoms with van der Waals surface area (Å²) in [5.74, 6) is 1.99. The molecule has 1 amide bonds. The second kappa shape index (κ2) is 8.73. The van der Waals surface area contributed by atoms with Crippen LogP contribution >= 0.6 is 0 Å². The van der Waals surface area contributed by atoms with E-state index in [-0.39, 0.29) is 5.91 Å². The number of nitrogens with one attached hydrogen (secondary N) is 2. The largest absolute Gasteiger partial charge is 0.353 e. The number of piperazine rings is 1. The Morgan fingerprint density at radius 2 is 1.73 bits per heavy atom.